The zero-order valence-corrected chi connectivity index (χ0v) is 25.5. The third-order valence-corrected chi connectivity index (χ3v) is 8.07. The lowest BCUT2D eigenvalue weighted by Crippen LogP contribution is -2.30. The smallest absolute Gasteiger partial charge is 0.272 e. The number of hydrogen-bond acceptors (Lipinski definition) is 4. The molecule has 6 nitrogen and oxygen atoms in total. The number of nitrogens with one attached hydrogen (secondary N) is 3. The van der Waals surface area contributed by atoms with Crippen LogP contribution in [0, 0.1) is 0 Å². The highest BCUT2D eigenvalue weighted by Gasteiger charge is 2.20. The van der Waals surface area contributed by atoms with Crippen molar-refractivity contribution in [2.45, 2.75) is 23.5 Å². The molecule has 0 aliphatic carbocycles. The zero-order valence-electron chi connectivity index (χ0n) is 22.4. The van der Waals surface area contributed by atoms with Gasteiger partial charge in [0.2, 0.25) is 5.91 Å². The third kappa shape index (κ3) is 8.87. The fourth-order valence-corrected chi connectivity index (χ4v) is 5.50. The molecule has 214 valence electrons. The quantitative estimate of drug-likeness (QED) is 0.120. The molecule has 42 heavy (non-hydrogen) atoms. The van der Waals surface area contributed by atoms with Crippen molar-refractivity contribution in [3.63, 3.8) is 0 Å². The van der Waals surface area contributed by atoms with Crippen LogP contribution in [0.4, 0.5) is 11.4 Å². The van der Waals surface area contributed by atoms with E-state index in [9.17, 15) is 14.4 Å². The highest BCUT2D eigenvalue weighted by Crippen LogP contribution is 2.29. The van der Waals surface area contributed by atoms with Gasteiger partial charge in [-0.2, -0.15) is 0 Å². The van der Waals surface area contributed by atoms with Crippen LogP contribution < -0.4 is 16.0 Å². The normalized spacial score (nSPS) is 11.9. The lowest BCUT2D eigenvalue weighted by atomic mass is 10.1. The highest BCUT2D eigenvalue weighted by atomic mass is 35.5. The van der Waals surface area contributed by atoms with Gasteiger partial charge in [-0.05, 0) is 78.7 Å². The van der Waals surface area contributed by atoms with Crippen LogP contribution >= 0.6 is 46.6 Å². The molecule has 0 fully saturated rings. The molecular weight excluding hydrogens is 613 g/mol. The van der Waals surface area contributed by atoms with E-state index in [1.165, 1.54) is 17.8 Å². The van der Waals surface area contributed by atoms with Gasteiger partial charge in [0.15, 0.2) is 0 Å². The Bertz CT molecular complexity index is 1630. The molecule has 4 rings (SSSR count). The van der Waals surface area contributed by atoms with Crippen molar-refractivity contribution in [3.8, 4) is 0 Å². The number of benzene rings is 4. The number of amides is 3. The van der Waals surface area contributed by atoms with Gasteiger partial charge in [0.1, 0.15) is 5.70 Å². The Balaban J connectivity index is 1.52. The summed E-state index contributed by atoms with van der Waals surface area (Å²) in [5.74, 6) is -1.17. The van der Waals surface area contributed by atoms with E-state index in [1.54, 1.807) is 91.0 Å². The molecular formula is C32H26Cl3N3O3S. The van der Waals surface area contributed by atoms with Crippen molar-refractivity contribution in [2.75, 3.05) is 10.6 Å². The zero-order chi connectivity index (χ0) is 30.1. The molecule has 0 aromatic heterocycles. The van der Waals surface area contributed by atoms with Crippen LogP contribution in [0.5, 0.6) is 0 Å². The van der Waals surface area contributed by atoms with E-state index in [4.69, 9.17) is 34.8 Å². The molecule has 1 unspecified atom stereocenters. The van der Waals surface area contributed by atoms with Crippen LogP contribution in [0.1, 0.15) is 29.3 Å². The summed E-state index contributed by atoms with van der Waals surface area (Å²) in [7, 11) is 0. The van der Waals surface area contributed by atoms with Crippen LogP contribution in [0.2, 0.25) is 15.1 Å². The van der Waals surface area contributed by atoms with Gasteiger partial charge < -0.3 is 16.0 Å². The predicted molar refractivity (Wildman–Crippen MR) is 173 cm³/mol. The molecule has 0 aliphatic rings. The molecule has 0 bridgehead atoms. The summed E-state index contributed by atoms with van der Waals surface area (Å²) < 4.78 is 0. The second-order valence-electron chi connectivity index (χ2n) is 9.04. The Morgan fingerprint density at radius 3 is 2.17 bits per heavy atom. The molecule has 0 heterocycles. The van der Waals surface area contributed by atoms with Crippen LogP contribution in [0.25, 0.3) is 6.08 Å². The minimum atomic E-state index is -0.557. The van der Waals surface area contributed by atoms with Gasteiger partial charge in [0, 0.05) is 36.9 Å². The Labute approximate surface area is 263 Å². The summed E-state index contributed by atoms with van der Waals surface area (Å²) in [6.07, 6.45) is 2.06. The van der Waals surface area contributed by atoms with Crippen molar-refractivity contribution >= 4 is 81.7 Å². The molecule has 3 amide bonds. The summed E-state index contributed by atoms with van der Waals surface area (Å²) in [6.45, 7) is 1.93. The monoisotopic (exact) mass is 637 g/mol. The molecule has 0 aliphatic heterocycles. The highest BCUT2D eigenvalue weighted by molar-refractivity contribution is 8.00. The summed E-state index contributed by atoms with van der Waals surface area (Å²) in [5, 5.41) is 9.34. The SMILES string of the molecule is CCC(Sc1cccc(NC(=O)/C(=C\c2ccc(Cl)cc2Cl)NC(=O)c2ccccc2)c1)C(=O)Nc1cccc(Cl)c1. The van der Waals surface area contributed by atoms with E-state index in [-0.39, 0.29) is 16.9 Å². The van der Waals surface area contributed by atoms with Gasteiger partial charge in [0.25, 0.3) is 11.8 Å². The van der Waals surface area contributed by atoms with Crippen molar-refractivity contribution in [3.05, 3.63) is 129 Å². The number of thioether (sulfide) groups is 1. The van der Waals surface area contributed by atoms with Gasteiger partial charge in [-0.1, -0.05) is 78.1 Å². The van der Waals surface area contributed by atoms with E-state index >= 15 is 0 Å². The lowest BCUT2D eigenvalue weighted by Gasteiger charge is -2.16. The first kappa shape index (κ1) is 31.2. The van der Waals surface area contributed by atoms with Crippen molar-refractivity contribution < 1.29 is 14.4 Å². The minimum absolute atomic E-state index is 0.0153. The number of halogens is 3. The molecule has 0 saturated heterocycles. The summed E-state index contributed by atoms with van der Waals surface area (Å²) >= 11 is 19.8. The molecule has 4 aromatic carbocycles. The van der Waals surface area contributed by atoms with Crippen LogP contribution in [0.3, 0.4) is 0 Å². The second-order valence-corrected chi connectivity index (χ2v) is 11.6. The second kappa shape index (κ2) is 14.9. The van der Waals surface area contributed by atoms with Gasteiger partial charge in [-0.3, -0.25) is 14.4 Å². The number of rotatable bonds is 10. The van der Waals surface area contributed by atoms with Crippen molar-refractivity contribution in [1.29, 1.82) is 0 Å². The number of carbonyl (C=O) groups excluding carboxylic acids is 3. The Hall–Kier alpha value is -3.75. The number of carbonyl (C=O) groups is 3. The van der Waals surface area contributed by atoms with Gasteiger partial charge in [-0.15, -0.1) is 11.8 Å². The first-order valence-electron chi connectivity index (χ1n) is 12.9. The predicted octanol–water partition coefficient (Wildman–Crippen LogP) is 8.57. The van der Waals surface area contributed by atoms with Gasteiger partial charge in [0.05, 0.1) is 5.25 Å². The van der Waals surface area contributed by atoms with E-state index in [0.717, 1.165) is 4.90 Å². The topological polar surface area (TPSA) is 87.3 Å². The fraction of sp³-hybridized carbons (Fsp3) is 0.0938. The van der Waals surface area contributed by atoms with Crippen molar-refractivity contribution in [1.82, 2.24) is 5.32 Å². The maximum absolute atomic E-state index is 13.4. The van der Waals surface area contributed by atoms with Crippen molar-refractivity contribution in [2.24, 2.45) is 0 Å². The number of hydrogen-bond donors (Lipinski definition) is 3. The molecule has 0 spiro atoms. The van der Waals surface area contributed by atoms with Crippen LogP contribution in [-0.2, 0) is 9.59 Å². The molecule has 4 aromatic rings. The summed E-state index contributed by atoms with van der Waals surface area (Å²) in [5.41, 5.74) is 1.97. The average Bonchev–Trinajstić information content (AvgIpc) is 2.97. The molecule has 0 radical (unpaired) electrons. The maximum Gasteiger partial charge on any atom is 0.272 e. The first-order chi connectivity index (χ1) is 20.2. The standard InChI is InChI=1S/C32H26Cl3N3O3S/c1-2-29(32(41)37-24-11-6-10-22(33)17-24)42-26-13-7-12-25(19-26)36-31(40)28(16-21-14-15-23(34)18-27(21)35)38-30(39)20-8-4-3-5-9-20/h3-19,29H,2H2,1H3,(H,36,40)(H,37,41)(H,38,39)/b28-16+. The molecule has 1 atom stereocenters. The Kier molecular flexibility index (Phi) is 11.1. The van der Waals surface area contributed by atoms with E-state index < -0.39 is 11.8 Å². The van der Waals surface area contributed by atoms with Gasteiger partial charge in [-0.25, -0.2) is 0 Å². The average molecular weight is 639 g/mol. The summed E-state index contributed by atoms with van der Waals surface area (Å²) in [4.78, 5) is 40.1. The fourth-order valence-electron chi connectivity index (χ4n) is 3.84. The molecule has 10 heteroatoms. The number of anilines is 2. The largest absolute Gasteiger partial charge is 0.325 e. The van der Waals surface area contributed by atoms with E-state index in [2.05, 4.69) is 16.0 Å². The maximum atomic E-state index is 13.4. The lowest BCUT2D eigenvalue weighted by molar-refractivity contribution is -0.116. The summed E-state index contributed by atoms with van der Waals surface area (Å²) in [6, 6.07) is 27.5. The molecule has 0 saturated carbocycles. The van der Waals surface area contributed by atoms with Crippen LogP contribution in [0.15, 0.2) is 108 Å². The minimum Gasteiger partial charge on any atom is -0.325 e. The van der Waals surface area contributed by atoms with E-state index in [0.29, 0.717) is 44.0 Å². The Morgan fingerprint density at radius 1 is 0.786 bits per heavy atom. The molecule has 3 N–H and O–H groups in total. The first-order valence-corrected chi connectivity index (χ1v) is 14.9. The van der Waals surface area contributed by atoms with Gasteiger partial charge >= 0.3 is 0 Å². The van der Waals surface area contributed by atoms with E-state index in [1.807, 2.05) is 13.0 Å². The van der Waals surface area contributed by atoms with Crippen LogP contribution in [-0.4, -0.2) is 23.0 Å². The Morgan fingerprint density at radius 2 is 1.48 bits per heavy atom. The third-order valence-electron chi connectivity index (χ3n) is 5.92.